The lowest BCUT2D eigenvalue weighted by molar-refractivity contribution is -0.139. The number of nitrogens with zero attached hydrogens (tertiary/aromatic N) is 2. The summed E-state index contributed by atoms with van der Waals surface area (Å²) in [4.78, 5) is 8.57. The summed E-state index contributed by atoms with van der Waals surface area (Å²) in [6, 6.07) is 8.85. The van der Waals surface area contributed by atoms with E-state index in [2.05, 4.69) is 16.0 Å². The fraction of sp³-hybridized carbons (Fsp3) is 0.125. The van der Waals surface area contributed by atoms with Crippen LogP contribution in [-0.4, -0.2) is 16.2 Å². The second kappa shape index (κ2) is 6.33. The number of rotatable bonds is 3. The summed E-state index contributed by atoms with van der Waals surface area (Å²) in [5, 5.41) is 2.51. The van der Waals surface area contributed by atoms with Gasteiger partial charge in [0, 0.05) is 33.8 Å². The zero-order valence-corrected chi connectivity index (χ0v) is 13.5. The van der Waals surface area contributed by atoms with Gasteiger partial charge in [0.2, 0.25) is 0 Å². The van der Waals surface area contributed by atoms with Crippen molar-refractivity contribution in [1.29, 1.82) is 0 Å². The fourth-order valence-electron chi connectivity index (χ4n) is 2.13. The van der Waals surface area contributed by atoms with Gasteiger partial charge in [-0.25, -0.2) is 4.98 Å². The van der Waals surface area contributed by atoms with Crippen LogP contribution in [0.4, 0.5) is 13.2 Å². The van der Waals surface area contributed by atoms with E-state index in [9.17, 15) is 13.2 Å². The Morgan fingerprint density at radius 2 is 1.91 bits per heavy atom. The molecule has 3 rings (SSSR count). The molecule has 0 aliphatic rings. The monoisotopic (exact) mass is 351 g/mol. The molecular formula is C16H10F3N2S2. The first-order valence-electron chi connectivity index (χ1n) is 6.53. The normalized spacial score (nSPS) is 11.7. The molecule has 0 aliphatic carbocycles. The Balaban J connectivity index is 2.08. The molecule has 0 N–H and O–H groups in total. The van der Waals surface area contributed by atoms with Gasteiger partial charge in [-0.3, -0.25) is 4.98 Å². The number of hydrogen-bond acceptors (Lipinski definition) is 4. The van der Waals surface area contributed by atoms with Gasteiger partial charge in [-0.05, 0) is 24.5 Å². The van der Waals surface area contributed by atoms with Crippen molar-refractivity contribution in [2.24, 2.45) is 0 Å². The number of hydrogen-bond donors (Lipinski definition) is 0. The van der Waals surface area contributed by atoms with Crippen molar-refractivity contribution in [3.8, 4) is 21.8 Å². The average Bonchev–Trinajstić information content (AvgIpc) is 3.04. The van der Waals surface area contributed by atoms with Crippen LogP contribution < -0.4 is 0 Å². The SMILES string of the molecule is CSc1c(C(F)(F)F)[c]ccc1-c1csc(-c2ccncc2)n1. The van der Waals surface area contributed by atoms with Gasteiger partial charge in [-0.1, -0.05) is 12.1 Å². The van der Waals surface area contributed by atoms with E-state index < -0.39 is 11.7 Å². The van der Waals surface area contributed by atoms with Crippen molar-refractivity contribution in [2.75, 3.05) is 6.26 Å². The quantitative estimate of drug-likeness (QED) is 0.590. The maximum absolute atomic E-state index is 13.1. The molecule has 7 heteroatoms. The number of benzene rings is 1. The Hall–Kier alpha value is -1.86. The summed E-state index contributed by atoms with van der Waals surface area (Å²) in [5.74, 6) is 0. The Kier molecular flexibility index (Phi) is 4.41. The van der Waals surface area contributed by atoms with E-state index in [4.69, 9.17) is 0 Å². The van der Waals surface area contributed by atoms with Crippen molar-refractivity contribution in [1.82, 2.24) is 9.97 Å². The number of halogens is 3. The molecule has 2 nitrogen and oxygen atoms in total. The lowest BCUT2D eigenvalue weighted by Crippen LogP contribution is -2.07. The van der Waals surface area contributed by atoms with Gasteiger partial charge in [0.25, 0.3) is 0 Å². The van der Waals surface area contributed by atoms with Crippen LogP contribution in [0.2, 0.25) is 0 Å². The molecule has 2 heterocycles. The Labute approximate surface area is 139 Å². The van der Waals surface area contributed by atoms with Crippen LogP contribution in [0.25, 0.3) is 21.8 Å². The van der Waals surface area contributed by atoms with Gasteiger partial charge in [0.05, 0.1) is 11.3 Å². The second-order valence-electron chi connectivity index (χ2n) is 4.57. The third-order valence-corrected chi connectivity index (χ3v) is 4.87. The minimum absolute atomic E-state index is 0.145. The van der Waals surface area contributed by atoms with Gasteiger partial charge >= 0.3 is 6.18 Å². The fourth-order valence-corrected chi connectivity index (χ4v) is 3.73. The summed E-state index contributed by atoms with van der Waals surface area (Å²) in [6.45, 7) is 0. The highest BCUT2D eigenvalue weighted by Gasteiger charge is 2.34. The highest BCUT2D eigenvalue weighted by molar-refractivity contribution is 7.98. The molecule has 1 radical (unpaired) electrons. The predicted molar refractivity (Wildman–Crippen MR) is 86.4 cm³/mol. The Morgan fingerprint density at radius 1 is 1.17 bits per heavy atom. The molecule has 0 bridgehead atoms. The van der Waals surface area contributed by atoms with Crippen molar-refractivity contribution in [3.05, 3.63) is 53.7 Å². The van der Waals surface area contributed by atoms with Crippen molar-refractivity contribution < 1.29 is 13.2 Å². The molecule has 0 amide bonds. The molecule has 0 aliphatic heterocycles. The van der Waals surface area contributed by atoms with Gasteiger partial charge < -0.3 is 0 Å². The van der Waals surface area contributed by atoms with Crippen LogP contribution >= 0.6 is 23.1 Å². The van der Waals surface area contributed by atoms with E-state index >= 15 is 0 Å². The summed E-state index contributed by atoms with van der Waals surface area (Å²) in [7, 11) is 0. The second-order valence-corrected chi connectivity index (χ2v) is 6.25. The maximum atomic E-state index is 13.1. The minimum Gasteiger partial charge on any atom is -0.265 e. The summed E-state index contributed by atoms with van der Waals surface area (Å²) >= 11 is 2.44. The molecular weight excluding hydrogens is 341 g/mol. The van der Waals surface area contributed by atoms with Gasteiger partial charge in [0.1, 0.15) is 5.01 Å². The average molecular weight is 351 g/mol. The number of pyridine rings is 1. The molecule has 0 fully saturated rings. The Bertz CT molecular complexity index is 814. The van der Waals surface area contributed by atoms with E-state index in [1.54, 1.807) is 30.1 Å². The first-order valence-corrected chi connectivity index (χ1v) is 8.63. The largest absolute Gasteiger partial charge is 0.418 e. The standard InChI is InChI=1S/C16H10F3N2S2/c1-22-14-11(3-2-4-12(14)16(17,18)19)13-9-23-15(21-13)10-5-7-20-8-6-10/h2-3,5-9H,1H3. The molecule has 3 aromatic rings. The zero-order chi connectivity index (χ0) is 16.4. The molecule has 117 valence electrons. The van der Waals surface area contributed by atoms with Crippen molar-refractivity contribution in [3.63, 3.8) is 0 Å². The van der Waals surface area contributed by atoms with Crippen LogP contribution in [0.1, 0.15) is 5.56 Å². The smallest absolute Gasteiger partial charge is 0.265 e. The number of thioether (sulfide) groups is 1. The molecule has 2 aromatic heterocycles. The maximum Gasteiger partial charge on any atom is 0.418 e. The zero-order valence-electron chi connectivity index (χ0n) is 11.9. The van der Waals surface area contributed by atoms with Crippen molar-refractivity contribution >= 4 is 23.1 Å². The number of thiazole rings is 1. The molecule has 0 saturated heterocycles. The Morgan fingerprint density at radius 3 is 2.57 bits per heavy atom. The minimum atomic E-state index is -4.43. The van der Waals surface area contributed by atoms with Crippen LogP contribution in [0.15, 0.2) is 46.9 Å². The van der Waals surface area contributed by atoms with E-state index in [0.717, 1.165) is 22.3 Å². The van der Waals surface area contributed by atoms with Crippen molar-refractivity contribution in [2.45, 2.75) is 11.1 Å². The van der Waals surface area contributed by atoms with Crippen LogP contribution in [0.5, 0.6) is 0 Å². The van der Waals surface area contributed by atoms with E-state index in [0.29, 0.717) is 11.3 Å². The molecule has 0 unspecified atom stereocenters. The molecule has 1 aromatic carbocycles. The summed E-state index contributed by atoms with van der Waals surface area (Å²) in [5.41, 5.74) is 1.15. The molecule has 23 heavy (non-hydrogen) atoms. The lowest BCUT2D eigenvalue weighted by Gasteiger charge is -2.13. The molecule has 0 saturated carbocycles. The third-order valence-electron chi connectivity index (χ3n) is 3.14. The molecule has 0 spiro atoms. The number of aromatic nitrogens is 2. The number of alkyl halides is 3. The predicted octanol–water partition coefficient (Wildman–Crippen LogP) is 5.41. The first kappa shape index (κ1) is 16.0. The lowest BCUT2D eigenvalue weighted by atomic mass is 10.1. The van der Waals surface area contributed by atoms with Crippen LogP contribution in [0.3, 0.4) is 0 Å². The van der Waals surface area contributed by atoms with Crippen LogP contribution in [0, 0.1) is 6.07 Å². The van der Waals surface area contributed by atoms with E-state index in [1.165, 1.54) is 17.4 Å². The van der Waals surface area contributed by atoms with E-state index in [-0.39, 0.29) is 4.90 Å². The highest BCUT2D eigenvalue weighted by atomic mass is 32.2. The highest BCUT2D eigenvalue weighted by Crippen LogP contribution is 2.41. The first-order chi connectivity index (χ1) is 11.0. The summed E-state index contributed by atoms with van der Waals surface area (Å²) in [6.07, 6.45) is 0.502. The van der Waals surface area contributed by atoms with Gasteiger partial charge in [0.15, 0.2) is 0 Å². The summed E-state index contributed by atoms with van der Waals surface area (Å²) < 4.78 is 39.4. The topological polar surface area (TPSA) is 25.8 Å². The third kappa shape index (κ3) is 3.25. The van der Waals surface area contributed by atoms with Crippen LogP contribution in [-0.2, 0) is 6.18 Å². The van der Waals surface area contributed by atoms with Gasteiger partial charge in [-0.2, -0.15) is 13.2 Å². The van der Waals surface area contributed by atoms with Gasteiger partial charge in [-0.15, -0.1) is 23.1 Å². The molecule has 0 atom stereocenters. The van der Waals surface area contributed by atoms with E-state index in [1.807, 2.05) is 12.1 Å².